The molecule has 0 radical (unpaired) electrons. The summed E-state index contributed by atoms with van der Waals surface area (Å²) < 4.78 is 12.9. The zero-order valence-electron chi connectivity index (χ0n) is 13.9. The molecule has 4 nitrogen and oxygen atoms in total. The van der Waals surface area contributed by atoms with Crippen molar-refractivity contribution < 1.29 is 9.18 Å². The van der Waals surface area contributed by atoms with E-state index in [2.05, 4.69) is 15.1 Å². The van der Waals surface area contributed by atoms with E-state index in [9.17, 15) is 9.18 Å². The summed E-state index contributed by atoms with van der Waals surface area (Å²) in [6.45, 7) is 4.25. The molecule has 1 amide bonds. The third-order valence-electron chi connectivity index (χ3n) is 4.33. The van der Waals surface area contributed by atoms with E-state index >= 15 is 0 Å². The number of rotatable bonds is 5. The first kappa shape index (κ1) is 17.7. The van der Waals surface area contributed by atoms with Crippen LogP contribution in [0.15, 0.2) is 48.5 Å². The Hall–Kier alpha value is -2.11. The first-order valence-corrected chi connectivity index (χ1v) is 8.72. The van der Waals surface area contributed by atoms with Gasteiger partial charge in [0.15, 0.2) is 0 Å². The molecule has 1 N–H and O–H groups in total. The van der Waals surface area contributed by atoms with Crippen molar-refractivity contribution in [2.45, 2.75) is 6.54 Å². The van der Waals surface area contributed by atoms with Crippen molar-refractivity contribution >= 4 is 23.2 Å². The summed E-state index contributed by atoms with van der Waals surface area (Å²) in [4.78, 5) is 16.5. The Kier molecular flexibility index (Phi) is 5.89. The molecule has 0 saturated carbocycles. The Balaban J connectivity index is 1.41. The van der Waals surface area contributed by atoms with Crippen molar-refractivity contribution in [1.29, 1.82) is 0 Å². The van der Waals surface area contributed by atoms with Gasteiger partial charge < -0.3 is 10.2 Å². The van der Waals surface area contributed by atoms with Crippen LogP contribution >= 0.6 is 11.6 Å². The average Bonchev–Trinajstić information content (AvgIpc) is 2.63. The molecule has 0 bridgehead atoms. The number of benzene rings is 2. The summed E-state index contributed by atoms with van der Waals surface area (Å²) in [7, 11) is 0. The largest absolute Gasteiger partial charge is 0.369 e. The smallest absolute Gasteiger partial charge is 0.234 e. The molecular weight excluding hydrogens is 341 g/mol. The third-order valence-corrected chi connectivity index (χ3v) is 4.59. The number of piperazine rings is 1. The first-order chi connectivity index (χ1) is 12.1. The summed E-state index contributed by atoms with van der Waals surface area (Å²) in [6, 6.07) is 14.0. The van der Waals surface area contributed by atoms with Gasteiger partial charge in [-0.25, -0.2) is 4.39 Å². The summed E-state index contributed by atoms with van der Waals surface area (Å²) in [6.07, 6.45) is 0. The zero-order valence-corrected chi connectivity index (χ0v) is 14.7. The Morgan fingerprint density at radius 1 is 1.00 bits per heavy atom. The molecule has 0 unspecified atom stereocenters. The van der Waals surface area contributed by atoms with E-state index in [1.807, 2.05) is 24.3 Å². The molecule has 1 saturated heterocycles. The lowest BCUT2D eigenvalue weighted by molar-refractivity contribution is -0.122. The van der Waals surface area contributed by atoms with Crippen LogP contribution in [0.4, 0.5) is 10.1 Å². The van der Waals surface area contributed by atoms with Crippen LogP contribution in [-0.2, 0) is 11.3 Å². The number of hydrogen-bond acceptors (Lipinski definition) is 3. The van der Waals surface area contributed by atoms with E-state index in [1.54, 1.807) is 12.1 Å². The van der Waals surface area contributed by atoms with Crippen LogP contribution < -0.4 is 10.2 Å². The van der Waals surface area contributed by atoms with Crippen LogP contribution in [0.3, 0.4) is 0 Å². The van der Waals surface area contributed by atoms with Crippen LogP contribution in [0.1, 0.15) is 5.56 Å². The average molecular weight is 362 g/mol. The van der Waals surface area contributed by atoms with E-state index in [0.717, 1.165) is 42.5 Å². The maximum atomic E-state index is 12.9. The van der Waals surface area contributed by atoms with Gasteiger partial charge in [0.25, 0.3) is 0 Å². The van der Waals surface area contributed by atoms with Gasteiger partial charge in [-0.1, -0.05) is 23.7 Å². The van der Waals surface area contributed by atoms with Crippen LogP contribution in [0.25, 0.3) is 0 Å². The van der Waals surface area contributed by atoms with Gasteiger partial charge >= 0.3 is 0 Å². The molecule has 0 aliphatic carbocycles. The van der Waals surface area contributed by atoms with Crippen molar-refractivity contribution in [3.05, 3.63) is 64.9 Å². The molecule has 1 fully saturated rings. The van der Waals surface area contributed by atoms with Crippen LogP contribution in [0.2, 0.25) is 5.02 Å². The predicted molar refractivity (Wildman–Crippen MR) is 98.4 cm³/mol. The maximum absolute atomic E-state index is 12.9. The summed E-state index contributed by atoms with van der Waals surface area (Å²) in [5.41, 5.74) is 2.05. The van der Waals surface area contributed by atoms with Gasteiger partial charge in [-0.15, -0.1) is 0 Å². The number of carbonyl (C=O) groups is 1. The van der Waals surface area contributed by atoms with Crippen molar-refractivity contribution in [2.24, 2.45) is 0 Å². The van der Waals surface area contributed by atoms with Crippen molar-refractivity contribution in [3.8, 4) is 0 Å². The van der Waals surface area contributed by atoms with Crippen LogP contribution in [0.5, 0.6) is 0 Å². The molecule has 3 rings (SSSR count). The Labute approximate surface area is 152 Å². The van der Waals surface area contributed by atoms with Crippen molar-refractivity contribution in [1.82, 2.24) is 10.2 Å². The normalized spacial score (nSPS) is 15.2. The zero-order chi connectivity index (χ0) is 17.6. The van der Waals surface area contributed by atoms with Crippen LogP contribution in [-0.4, -0.2) is 43.5 Å². The summed E-state index contributed by atoms with van der Waals surface area (Å²) >= 11 is 5.92. The minimum atomic E-state index is -0.270. The number of nitrogens with one attached hydrogen (secondary N) is 1. The highest BCUT2D eigenvalue weighted by Crippen LogP contribution is 2.19. The molecule has 0 aromatic heterocycles. The van der Waals surface area contributed by atoms with Gasteiger partial charge in [-0.05, 0) is 42.0 Å². The predicted octanol–water partition coefficient (Wildman–Crippen LogP) is 2.92. The molecule has 1 heterocycles. The third kappa shape index (κ3) is 5.18. The molecule has 6 heteroatoms. The minimum Gasteiger partial charge on any atom is -0.369 e. The SMILES string of the molecule is O=C(CN1CCN(c2ccc(Cl)cc2)CC1)NCc1ccc(F)cc1. The Morgan fingerprint density at radius 2 is 1.64 bits per heavy atom. The number of amides is 1. The summed E-state index contributed by atoms with van der Waals surface area (Å²) in [5.74, 6) is -0.280. The Morgan fingerprint density at radius 3 is 2.28 bits per heavy atom. The number of carbonyl (C=O) groups excluding carboxylic acids is 1. The number of anilines is 1. The van der Waals surface area contributed by atoms with Crippen LogP contribution in [0, 0.1) is 5.82 Å². The second-order valence-corrected chi connectivity index (χ2v) is 6.58. The van der Waals surface area contributed by atoms with Gasteiger partial charge in [0.1, 0.15) is 5.82 Å². The van der Waals surface area contributed by atoms with Gasteiger partial charge in [-0.2, -0.15) is 0 Å². The fourth-order valence-corrected chi connectivity index (χ4v) is 3.00. The van der Waals surface area contributed by atoms with Crippen molar-refractivity contribution in [2.75, 3.05) is 37.6 Å². The van der Waals surface area contributed by atoms with Gasteiger partial charge in [0, 0.05) is 43.4 Å². The molecule has 2 aromatic carbocycles. The monoisotopic (exact) mass is 361 g/mol. The quantitative estimate of drug-likeness (QED) is 0.889. The molecule has 1 aliphatic heterocycles. The molecule has 132 valence electrons. The van der Waals surface area contributed by atoms with Gasteiger partial charge in [-0.3, -0.25) is 9.69 Å². The molecule has 0 spiro atoms. The lowest BCUT2D eigenvalue weighted by Crippen LogP contribution is -2.49. The minimum absolute atomic E-state index is 0.00994. The number of nitrogens with zero attached hydrogens (tertiary/aromatic N) is 2. The van der Waals surface area contributed by atoms with Crippen molar-refractivity contribution in [3.63, 3.8) is 0 Å². The molecular formula is C19H21ClFN3O. The summed E-state index contributed by atoms with van der Waals surface area (Å²) in [5, 5.41) is 3.62. The highest BCUT2D eigenvalue weighted by atomic mass is 35.5. The number of halogens is 2. The number of hydrogen-bond donors (Lipinski definition) is 1. The highest BCUT2D eigenvalue weighted by Gasteiger charge is 2.19. The maximum Gasteiger partial charge on any atom is 0.234 e. The Bertz CT molecular complexity index is 698. The van der Waals surface area contributed by atoms with Gasteiger partial charge in [0.05, 0.1) is 6.54 Å². The fourth-order valence-electron chi connectivity index (χ4n) is 2.88. The second kappa shape index (κ2) is 8.32. The lowest BCUT2D eigenvalue weighted by Gasteiger charge is -2.35. The standard InChI is InChI=1S/C19H21ClFN3O/c20-16-3-7-18(8-4-16)24-11-9-23(10-12-24)14-19(25)22-13-15-1-5-17(21)6-2-15/h1-8H,9-14H2,(H,22,25). The van der Waals surface area contributed by atoms with E-state index in [0.29, 0.717) is 13.1 Å². The molecule has 1 aliphatic rings. The lowest BCUT2D eigenvalue weighted by atomic mass is 10.2. The highest BCUT2D eigenvalue weighted by molar-refractivity contribution is 6.30. The second-order valence-electron chi connectivity index (χ2n) is 6.14. The van der Waals surface area contributed by atoms with E-state index < -0.39 is 0 Å². The topological polar surface area (TPSA) is 35.6 Å². The molecule has 25 heavy (non-hydrogen) atoms. The fraction of sp³-hybridized carbons (Fsp3) is 0.316. The molecule has 0 atom stereocenters. The first-order valence-electron chi connectivity index (χ1n) is 8.34. The molecule has 2 aromatic rings. The van der Waals surface area contributed by atoms with E-state index in [1.165, 1.54) is 12.1 Å². The van der Waals surface area contributed by atoms with Gasteiger partial charge in [0.2, 0.25) is 5.91 Å². The van der Waals surface area contributed by atoms with E-state index in [-0.39, 0.29) is 11.7 Å². The van der Waals surface area contributed by atoms with E-state index in [4.69, 9.17) is 11.6 Å².